The number of benzene rings is 2. The van der Waals surface area contributed by atoms with Crippen LogP contribution in [0.5, 0.6) is 5.75 Å². The van der Waals surface area contributed by atoms with E-state index < -0.39 is 5.91 Å². The van der Waals surface area contributed by atoms with Crippen LogP contribution in [0.3, 0.4) is 0 Å². The Morgan fingerprint density at radius 2 is 1.92 bits per heavy atom. The first-order chi connectivity index (χ1) is 11.4. The van der Waals surface area contributed by atoms with Crippen LogP contribution in [-0.2, 0) is 0 Å². The van der Waals surface area contributed by atoms with Crippen molar-refractivity contribution in [2.24, 2.45) is 0 Å². The van der Waals surface area contributed by atoms with E-state index in [9.17, 15) is 4.79 Å². The van der Waals surface area contributed by atoms with E-state index in [2.05, 4.69) is 26.6 Å². The summed E-state index contributed by atoms with van der Waals surface area (Å²) in [6.45, 7) is 2.29. The molecule has 126 valence electrons. The van der Waals surface area contributed by atoms with Crippen molar-refractivity contribution in [1.29, 1.82) is 0 Å². The van der Waals surface area contributed by atoms with E-state index in [1.165, 1.54) is 0 Å². The molecule has 0 aliphatic rings. The Bertz CT molecular complexity index is 766. The molecule has 0 unspecified atom stereocenters. The zero-order valence-electron chi connectivity index (χ0n) is 12.5. The number of halogens is 3. The highest BCUT2D eigenvalue weighted by Crippen LogP contribution is 2.29. The SMILES string of the molecule is CCOc1ccc(Br)cc1C(=O)NC(=S)Nc1c(Cl)cccc1Cl. The molecule has 2 N–H and O–H groups in total. The molecule has 8 heteroatoms. The third-order valence-corrected chi connectivity index (χ3v) is 4.24. The minimum absolute atomic E-state index is 0.0809. The van der Waals surface area contributed by atoms with E-state index in [-0.39, 0.29) is 5.11 Å². The van der Waals surface area contributed by atoms with Gasteiger partial charge in [0.15, 0.2) is 5.11 Å². The van der Waals surface area contributed by atoms with Crippen LogP contribution >= 0.6 is 51.3 Å². The third kappa shape index (κ3) is 4.83. The quantitative estimate of drug-likeness (QED) is 0.626. The number of amides is 1. The Morgan fingerprint density at radius 3 is 2.54 bits per heavy atom. The fourth-order valence-corrected chi connectivity index (χ4v) is 2.94. The fourth-order valence-electron chi connectivity index (χ4n) is 1.89. The summed E-state index contributed by atoms with van der Waals surface area (Å²) in [4.78, 5) is 12.5. The maximum absolute atomic E-state index is 12.5. The number of nitrogens with one attached hydrogen (secondary N) is 2. The van der Waals surface area contributed by atoms with Crippen molar-refractivity contribution in [1.82, 2.24) is 5.32 Å². The molecule has 0 atom stereocenters. The normalized spacial score (nSPS) is 10.2. The molecule has 0 heterocycles. The highest BCUT2D eigenvalue weighted by atomic mass is 79.9. The third-order valence-electron chi connectivity index (χ3n) is 2.91. The van der Waals surface area contributed by atoms with E-state index in [1.807, 2.05) is 6.92 Å². The number of thiocarbonyl (C=S) groups is 1. The molecule has 0 spiro atoms. The number of para-hydroxylation sites is 1. The average molecular weight is 448 g/mol. The monoisotopic (exact) mass is 446 g/mol. The van der Waals surface area contributed by atoms with Crippen molar-refractivity contribution in [3.63, 3.8) is 0 Å². The molecule has 0 aliphatic heterocycles. The molecule has 0 fully saturated rings. The zero-order chi connectivity index (χ0) is 17.7. The van der Waals surface area contributed by atoms with Crippen LogP contribution in [0.1, 0.15) is 17.3 Å². The molecule has 0 aromatic heterocycles. The van der Waals surface area contributed by atoms with E-state index in [4.69, 9.17) is 40.2 Å². The van der Waals surface area contributed by atoms with Gasteiger partial charge in [-0.05, 0) is 49.5 Å². The highest BCUT2D eigenvalue weighted by molar-refractivity contribution is 9.10. The summed E-state index contributed by atoms with van der Waals surface area (Å²) in [7, 11) is 0. The average Bonchev–Trinajstić information content (AvgIpc) is 2.53. The number of rotatable bonds is 4. The van der Waals surface area contributed by atoms with Crippen LogP contribution in [0.25, 0.3) is 0 Å². The van der Waals surface area contributed by atoms with Crippen molar-refractivity contribution in [2.45, 2.75) is 6.92 Å². The molecular formula is C16H13BrCl2N2O2S. The topological polar surface area (TPSA) is 50.4 Å². The standard InChI is InChI=1S/C16H13BrCl2N2O2S/c1-2-23-13-7-6-9(17)8-10(13)15(22)21-16(24)20-14-11(18)4-3-5-12(14)19/h3-8H,2H2,1H3,(H2,20,21,22,24). The second kappa shape index (κ2) is 8.67. The molecule has 24 heavy (non-hydrogen) atoms. The van der Waals surface area contributed by atoms with Gasteiger partial charge in [-0.3, -0.25) is 10.1 Å². The van der Waals surface area contributed by atoms with Gasteiger partial charge in [0.2, 0.25) is 0 Å². The van der Waals surface area contributed by atoms with E-state index >= 15 is 0 Å². The van der Waals surface area contributed by atoms with Gasteiger partial charge < -0.3 is 10.1 Å². The van der Waals surface area contributed by atoms with Gasteiger partial charge in [-0.2, -0.15) is 0 Å². The van der Waals surface area contributed by atoms with Crippen LogP contribution in [0.15, 0.2) is 40.9 Å². The van der Waals surface area contributed by atoms with Crippen molar-refractivity contribution in [3.05, 3.63) is 56.5 Å². The first-order valence-electron chi connectivity index (χ1n) is 6.91. The zero-order valence-corrected chi connectivity index (χ0v) is 16.4. The lowest BCUT2D eigenvalue weighted by molar-refractivity contribution is 0.0974. The van der Waals surface area contributed by atoms with E-state index in [1.54, 1.807) is 36.4 Å². The molecule has 0 saturated carbocycles. The maximum atomic E-state index is 12.5. The number of hydrogen-bond donors (Lipinski definition) is 2. The predicted molar refractivity (Wildman–Crippen MR) is 105 cm³/mol. The Labute approximate surface area is 163 Å². The molecular weight excluding hydrogens is 435 g/mol. The fraction of sp³-hybridized carbons (Fsp3) is 0.125. The van der Waals surface area contributed by atoms with Gasteiger partial charge in [0.1, 0.15) is 5.75 Å². The molecule has 2 rings (SSSR count). The van der Waals surface area contributed by atoms with Gasteiger partial charge in [0.05, 0.1) is 27.9 Å². The Balaban J connectivity index is 2.15. The van der Waals surface area contributed by atoms with Crippen LogP contribution in [0.2, 0.25) is 10.0 Å². The molecule has 0 radical (unpaired) electrons. The van der Waals surface area contributed by atoms with Crippen LogP contribution in [0.4, 0.5) is 5.69 Å². The number of carbonyl (C=O) groups excluding carboxylic acids is 1. The number of anilines is 1. The first-order valence-corrected chi connectivity index (χ1v) is 8.86. The van der Waals surface area contributed by atoms with Gasteiger partial charge in [0, 0.05) is 4.47 Å². The lowest BCUT2D eigenvalue weighted by Crippen LogP contribution is -2.34. The Hall–Kier alpha value is -1.34. The molecule has 2 aromatic carbocycles. The van der Waals surface area contributed by atoms with Gasteiger partial charge in [-0.25, -0.2) is 0 Å². The summed E-state index contributed by atoms with van der Waals surface area (Å²) < 4.78 is 6.22. The molecule has 0 bridgehead atoms. The van der Waals surface area contributed by atoms with E-state index in [0.717, 1.165) is 4.47 Å². The maximum Gasteiger partial charge on any atom is 0.261 e. The minimum atomic E-state index is -0.402. The van der Waals surface area contributed by atoms with Crippen molar-refractivity contribution < 1.29 is 9.53 Å². The van der Waals surface area contributed by atoms with Gasteiger partial charge in [-0.15, -0.1) is 0 Å². The molecule has 1 amide bonds. The Morgan fingerprint density at radius 1 is 1.25 bits per heavy atom. The highest BCUT2D eigenvalue weighted by Gasteiger charge is 2.15. The van der Waals surface area contributed by atoms with Crippen LogP contribution < -0.4 is 15.4 Å². The van der Waals surface area contributed by atoms with Crippen molar-refractivity contribution in [3.8, 4) is 5.75 Å². The lowest BCUT2D eigenvalue weighted by Gasteiger charge is -2.14. The number of ether oxygens (including phenoxy) is 1. The molecule has 2 aromatic rings. The lowest BCUT2D eigenvalue weighted by atomic mass is 10.2. The van der Waals surface area contributed by atoms with Crippen molar-refractivity contribution >= 4 is 68.1 Å². The van der Waals surface area contributed by atoms with Crippen LogP contribution in [-0.4, -0.2) is 17.6 Å². The summed E-state index contributed by atoms with van der Waals surface area (Å²) in [5.74, 6) is 0.0669. The van der Waals surface area contributed by atoms with Gasteiger partial charge >= 0.3 is 0 Å². The molecule has 0 aliphatic carbocycles. The summed E-state index contributed by atoms with van der Waals surface area (Å²) in [6, 6.07) is 10.2. The second-order valence-electron chi connectivity index (χ2n) is 4.58. The van der Waals surface area contributed by atoms with Gasteiger partial charge in [-0.1, -0.05) is 45.2 Å². The first kappa shape index (κ1) is 19.0. The second-order valence-corrected chi connectivity index (χ2v) is 6.72. The minimum Gasteiger partial charge on any atom is -0.493 e. The number of hydrogen-bond acceptors (Lipinski definition) is 3. The Kier molecular flexibility index (Phi) is 6.86. The van der Waals surface area contributed by atoms with Gasteiger partial charge in [0.25, 0.3) is 5.91 Å². The summed E-state index contributed by atoms with van der Waals surface area (Å²) in [5, 5.41) is 6.30. The summed E-state index contributed by atoms with van der Waals surface area (Å²) in [6.07, 6.45) is 0. The summed E-state index contributed by atoms with van der Waals surface area (Å²) in [5.41, 5.74) is 0.797. The van der Waals surface area contributed by atoms with E-state index in [0.29, 0.717) is 33.7 Å². The predicted octanol–water partition coefficient (Wildman–Crippen LogP) is 5.28. The largest absolute Gasteiger partial charge is 0.493 e. The molecule has 4 nitrogen and oxygen atoms in total. The summed E-state index contributed by atoms with van der Waals surface area (Å²) >= 11 is 20.6. The van der Waals surface area contributed by atoms with Crippen LogP contribution in [0, 0.1) is 0 Å². The molecule has 0 saturated heterocycles. The smallest absolute Gasteiger partial charge is 0.261 e. The van der Waals surface area contributed by atoms with Crippen molar-refractivity contribution in [2.75, 3.05) is 11.9 Å². The number of carbonyl (C=O) groups is 1.